The molecule has 0 amide bonds. The molecular weight excluding hydrogens is 308 g/mol. The van der Waals surface area contributed by atoms with Crippen molar-refractivity contribution in [2.24, 2.45) is 0 Å². The summed E-state index contributed by atoms with van der Waals surface area (Å²) in [6, 6.07) is 0. The third kappa shape index (κ3) is 38.1. The van der Waals surface area contributed by atoms with E-state index in [9.17, 15) is 0 Å². The van der Waals surface area contributed by atoms with Crippen molar-refractivity contribution in [1.82, 2.24) is 0 Å². The van der Waals surface area contributed by atoms with Gasteiger partial charge in [-0.05, 0) is 0 Å². The maximum absolute atomic E-state index is 9.08. The van der Waals surface area contributed by atoms with Crippen LogP contribution in [0.15, 0.2) is 0 Å². The molecule has 0 aromatic carbocycles. The van der Waals surface area contributed by atoms with E-state index in [2.05, 4.69) is 4.33 Å². The van der Waals surface area contributed by atoms with Crippen LogP contribution >= 0.6 is 0 Å². The van der Waals surface area contributed by atoms with Crippen LogP contribution in [-0.4, -0.2) is 18.2 Å². The SMILES string of the molecule is O=S(=O)(O)OO.[K+].[K+].[K+].[K+].[K+]. The van der Waals surface area contributed by atoms with Crippen LogP contribution in [0.1, 0.15) is 0 Å². The standard InChI is InChI=1S/5K.H2O5S/c;;;;;1-5-6(2,3)4/h;;;;;1H,(H,2,3,4)/q5*+1;. The average Bonchev–Trinajstić information content (AvgIpc) is 1.35. The topological polar surface area (TPSA) is 83.8 Å². The molecule has 5 nitrogen and oxygen atoms in total. The second-order valence-electron chi connectivity index (χ2n) is 0.502. The van der Waals surface area contributed by atoms with Crippen LogP contribution < -0.4 is 257 Å². The van der Waals surface area contributed by atoms with Crippen molar-refractivity contribution in [3.05, 3.63) is 0 Å². The van der Waals surface area contributed by atoms with E-state index < -0.39 is 10.4 Å². The summed E-state index contributed by atoms with van der Waals surface area (Å²) < 4.78 is 28.0. The van der Waals surface area contributed by atoms with Gasteiger partial charge in [-0.25, -0.2) is 5.26 Å². The Morgan fingerprint density at radius 3 is 1.00 bits per heavy atom. The fourth-order valence-electron chi connectivity index (χ4n) is 0. The van der Waals surface area contributed by atoms with Gasteiger partial charge in [0.25, 0.3) is 0 Å². The quantitative estimate of drug-likeness (QED) is 0.217. The average molecular weight is 310 g/mol. The van der Waals surface area contributed by atoms with E-state index in [0.717, 1.165) is 0 Å². The molecule has 0 aromatic heterocycles. The van der Waals surface area contributed by atoms with Crippen molar-refractivity contribution < 1.29 is 279 Å². The first-order chi connectivity index (χ1) is 2.56. The molecule has 0 unspecified atom stereocenters. The molecule has 0 atom stereocenters. The van der Waals surface area contributed by atoms with Gasteiger partial charge in [-0.2, -0.15) is 8.42 Å². The van der Waals surface area contributed by atoms with Gasteiger partial charge in [-0.1, -0.05) is 4.33 Å². The van der Waals surface area contributed by atoms with Crippen LogP contribution in [0, 0.1) is 0 Å². The van der Waals surface area contributed by atoms with Crippen molar-refractivity contribution in [2.45, 2.75) is 0 Å². The monoisotopic (exact) mass is 309 g/mol. The second-order valence-corrected chi connectivity index (χ2v) is 1.51. The Balaban J connectivity index is -0.0000000125. The van der Waals surface area contributed by atoms with Crippen molar-refractivity contribution >= 4 is 10.4 Å². The van der Waals surface area contributed by atoms with Gasteiger partial charge in [-0.15, -0.1) is 0 Å². The Kier molecular flexibility index (Phi) is 76.6. The van der Waals surface area contributed by atoms with Crippen LogP contribution in [0.4, 0.5) is 0 Å². The Labute approximate surface area is 279 Å². The first-order valence-electron chi connectivity index (χ1n) is 0.865. The summed E-state index contributed by atoms with van der Waals surface area (Å²) in [6.45, 7) is 0. The molecule has 0 fully saturated rings. The second kappa shape index (κ2) is 23.1. The Morgan fingerprint density at radius 2 is 1.00 bits per heavy atom. The molecule has 0 rings (SSSR count). The van der Waals surface area contributed by atoms with Crippen molar-refractivity contribution in [2.75, 3.05) is 0 Å². The summed E-state index contributed by atoms with van der Waals surface area (Å²) in [5.74, 6) is 0. The van der Waals surface area contributed by atoms with Crippen molar-refractivity contribution in [1.29, 1.82) is 0 Å². The third-order valence-corrected chi connectivity index (χ3v) is 0.283. The molecule has 38 valence electrons. The zero-order valence-electron chi connectivity index (χ0n) is 7.53. The minimum absolute atomic E-state index is 0. The maximum atomic E-state index is 9.08. The van der Waals surface area contributed by atoms with Crippen LogP contribution in [0.25, 0.3) is 0 Å². The number of hydrogen-bond donors (Lipinski definition) is 2. The summed E-state index contributed by atoms with van der Waals surface area (Å²) in [6.07, 6.45) is 0. The van der Waals surface area contributed by atoms with Gasteiger partial charge in [0.1, 0.15) is 0 Å². The van der Waals surface area contributed by atoms with Gasteiger partial charge in [0.15, 0.2) is 0 Å². The van der Waals surface area contributed by atoms with E-state index in [0.29, 0.717) is 0 Å². The fraction of sp³-hybridized carbons (Fsp3) is 0. The first-order valence-corrected chi connectivity index (χ1v) is 2.23. The first kappa shape index (κ1) is 36.4. The molecule has 11 heavy (non-hydrogen) atoms. The minimum atomic E-state index is -4.61. The van der Waals surface area contributed by atoms with Gasteiger partial charge in [-0.3, -0.25) is 4.55 Å². The van der Waals surface area contributed by atoms with E-state index in [4.69, 9.17) is 18.2 Å². The Bertz CT molecular complexity index is 117. The number of rotatable bonds is 1. The van der Waals surface area contributed by atoms with Gasteiger partial charge in [0, 0.05) is 0 Å². The van der Waals surface area contributed by atoms with Gasteiger partial charge < -0.3 is 0 Å². The molecule has 11 heteroatoms. The molecule has 0 aliphatic rings. The molecule has 0 bridgehead atoms. The fourth-order valence-corrected chi connectivity index (χ4v) is 0. The molecule has 0 heterocycles. The Hall–Kier alpha value is 8.01. The van der Waals surface area contributed by atoms with E-state index in [1.807, 2.05) is 0 Å². The zero-order chi connectivity index (χ0) is 5.21. The smallest absolute Gasteiger partial charge is 0.262 e. The molecule has 2 N–H and O–H groups in total. The van der Waals surface area contributed by atoms with Crippen LogP contribution in [0.5, 0.6) is 0 Å². The molecule has 0 radical (unpaired) electrons. The van der Waals surface area contributed by atoms with Gasteiger partial charge >= 0.3 is 267 Å². The molecule has 0 aliphatic heterocycles. The van der Waals surface area contributed by atoms with E-state index in [1.54, 1.807) is 0 Å². The molecule has 0 spiro atoms. The molecule has 0 aromatic rings. The van der Waals surface area contributed by atoms with E-state index in [-0.39, 0.29) is 257 Å². The van der Waals surface area contributed by atoms with Gasteiger partial charge in [0.05, 0.1) is 0 Å². The summed E-state index contributed by atoms with van der Waals surface area (Å²) in [5, 5.41) is 7.06. The van der Waals surface area contributed by atoms with Crippen LogP contribution in [-0.2, 0) is 14.7 Å². The van der Waals surface area contributed by atoms with Crippen molar-refractivity contribution in [3.8, 4) is 0 Å². The van der Waals surface area contributed by atoms with Crippen molar-refractivity contribution in [3.63, 3.8) is 0 Å². The van der Waals surface area contributed by atoms with Crippen LogP contribution in [0.2, 0.25) is 0 Å². The predicted molar refractivity (Wildman–Crippen MR) is 15.3 cm³/mol. The molecule has 0 saturated heterocycles. The summed E-state index contributed by atoms with van der Waals surface area (Å²) in [4.78, 5) is 0. The van der Waals surface area contributed by atoms with E-state index >= 15 is 0 Å². The summed E-state index contributed by atoms with van der Waals surface area (Å²) >= 11 is 0. The minimum Gasteiger partial charge on any atom is -0.262 e. The van der Waals surface area contributed by atoms with Gasteiger partial charge in [0.2, 0.25) is 0 Å². The Morgan fingerprint density at radius 1 is 0.909 bits per heavy atom. The molecular formula is H2K5O5S+5. The third-order valence-electron chi connectivity index (χ3n) is 0.0942. The summed E-state index contributed by atoms with van der Waals surface area (Å²) in [5.41, 5.74) is 0. The molecule has 0 saturated carbocycles. The van der Waals surface area contributed by atoms with Crippen LogP contribution in [0.3, 0.4) is 0 Å². The normalized spacial score (nSPS) is 6.36. The maximum Gasteiger partial charge on any atom is 1.00 e. The largest absolute Gasteiger partial charge is 1.00 e. The zero-order valence-corrected chi connectivity index (χ0v) is 24.0. The van der Waals surface area contributed by atoms with E-state index in [1.165, 1.54) is 0 Å². The number of hydrogen-bond acceptors (Lipinski definition) is 4. The summed E-state index contributed by atoms with van der Waals surface area (Å²) in [7, 11) is -4.61. The molecule has 0 aliphatic carbocycles. The predicted octanol–water partition coefficient (Wildman–Crippen LogP) is -15.7.